The predicted octanol–water partition coefficient (Wildman–Crippen LogP) is 1.63. The van der Waals surface area contributed by atoms with Gasteiger partial charge in [-0.3, -0.25) is 19.7 Å². The van der Waals surface area contributed by atoms with Gasteiger partial charge in [0.1, 0.15) is 12.0 Å². The number of ether oxygens (including phenoxy) is 1. The summed E-state index contributed by atoms with van der Waals surface area (Å²) in [4.78, 5) is 32.8. The van der Waals surface area contributed by atoms with Gasteiger partial charge in [-0.25, -0.2) is 0 Å². The Morgan fingerprint density at radius 1 is 1.38 bits per heavy atom. The van der Waals surface area contributed by atoms with E-state index in [0.717, 1.165) is 6.07 Å². The van der Waals surface area contributed by atoms with Crippen molar-refractivity contribution < 1.29 is 14.5 Å². The van der Waals surface area contributed by atoms with Crippen molar-refractivity contribution in [3.63, 3.8) is 0 Å². The summed E-state index contributed by atoms with van der Waals surface area (Å²) in [5, 5.41) is 10.8. The van der Waals surface area contributed by atoms with Gasteiger partial charge in [0.15, 0.2) is 0 Å². The molecule has 0 saturated carbocycles. The highest BCUT2D eigenvalue weighted by Crippen LogP contribution is 2.20. The molecular formula is C14H12N2O5. The minimum Gasteiger partial charge on any atom is -0.496 e. The summed E-state index contributed by atoms with van der Waals surface area (Å²) in [6, 6.07) is 7.36. The molecule has 0 bridgehead atoms. The number of nitro groups is 1. The molecule has 0 aliphatic heterocycles. The van der Waals surface area contributed by atoms with Gasteiger partial charge < -0.3 is 9.30 Å². The van der Waals surface area contributed by atoms with Gasteiger partial charge in [0.25, 0.3) is 0 Å². The molecule has 1 aromatic carbocycles. The fourth-order valence-corrected chi connectivity index (χ4v) is 1.97. The highest BCUT2D eigenvalue weighted by Gasteiger charge is 2.14. The molecule has 7 heteroatoms. The van der Waals surface area contributed by atoms with Crippen LogP contribution in [0.3, 0.4) is 0 Å². The highest BCUT2D eigenvalue weighted by atomic mass is 16.6. The summed E-state index contributed by atoms with van der Waals surface area (Å²) >= 11 is 0. The fraction of sp³-hybridized carbons (Fsp3) is 0.143. The lowest BCUT2D eigenvalue weighted by Gasteiger charge is -2.10. The number of carbonyl (C=O) groups excluding carboxylic acids is 1. The summed E-state index contributed by atoms with van der Waals surface area (Å²) in [5.74, 6) is 0.499. The number of carbonyl (C=O) groups is 1. The Labute approximate surface area is 119 Å². The van der Waals surface area contributed by atoms with Gasteiger partial charge in [-0.15, -0.1) is 0 Å². The summed E-state index contributed by atoms with van der Waals surface area (Å²) in [6.07, 6.45) is 2.13. The maximum atomic E-state index is 12.0. The van der Waals surface area contributed by atoms with Crippen molar-refractivity contribution in [3.8, 4) is 5.75 Å². The Hall–Kier alpha value is -2.96. The van der Waals surface area contributed by atoms with Gasteiger partial charge in [-0.1, -0.05) is 0 Å². The largest absolute Gasteiger partial charge is 0.496 e. The van der Waals surface area contributed by atoms with E-state index in [9.17, 15) is 19.7 Å². The molecule has 0 N–H and O–H groups in total. The second-order valence-corrected chi connectivity index (χ2v) is 4.27. The monoisotopic (exact) mass is 288 g/mol. The maximum absolute atomic E-state index is 12.0. The fourth-order valence-electron chi connectivity index (χ4n) is 1.97. The van der Waals surface area contributed by atoms with Crippen LogP contribution in [0.15, 0.2) is 41.3 Å². The molecule has 1 heterocycles. The van der Waals surface area contributed by atoms with Crippen LogP contribution in [-0.4, -0.2) is 22.9 Å². The molecule has 0 unspecified atom stereocenters. The van der Waals surface area contributed by atoms with Crippen LogP contribution >= 0.6 is 0 Å². The van der Waals surface area contributed by atoms with Crippen LogP contribution in [0.1, 0.15) is 15.9 Å². The third-order valence-corrected chi connectivity index (χ3v) is 2.98. The average Bonchev–Trinajstić information content (AvgIpc) is 2.49. The molecule has 21 heavy (non-hydrogen) atoms. The van der Waals surface area contributed by atoms with Crippen LogP contribution in [0.4, 0.5) is 5.69 Å². The molecule has 2 aromatic rings. The molecule has 0 aliphatic carbocycles. The Bertz CT molecular complexity index is 751. The zero-order chi connectivity index (χ0) is 15.4. The van der Waals surface area contributed by atoms with Crippen molar-refractivity contribution in [3.05, 3.63) is 68.1 Å². The number of benzene rings is 1. The first-order valence-corrected chi connectivity index (χ1v) is 6.02. The van der Waals surface area contributed by atoms with Crippen molar-refractivity contribution >= 4 is 12.0 Å². The summed E-state index contributed by atoms with van der Waals surface area (Å²) in [5.41, 5.74) is -0.182. The summed E-state index contributed by atoms with van der Waals surface area (Å²) < 4.78 is 6.37. The molecule has 0 atom stereocenters. The third-order valence-electron chi connectivity index (χ3n) is 2.98. The number of pyridine rings is 1. The number of methoxy groups -OCH3 is 1. The lowest BCUT2D eigenvalue weighted by atomic mass is 10.1. The number of rotatable bonds is 5. The van der Waals surface area contributed by atoms with Gasteiger partial charge in [-0.05, 0) is 24.3 Å². The minimum absolute atomic E-state index is 0.0748. The van der Waals surface area contributed by atoms with E-state index in [4.69, 9.17) is 4.74 Å². The van der Waals surface area contributed by atoms with Gasteiger partial charge >= 0.3 is 11.2 Å². The quantitative estimate of drug-likeness (QED) is 0.473. The Balaban J connectivity index is 2.47. The SMILES string of the molecule is COc1ccc(C=O)cc1Cn1cccc([N+](=O)[O-])c1=O. The maximum Gasteiger partial charge on any atom is 0.334 e. The second-order valence-electron chi connectivity index (χ2n) is 4.27. The number of hydrogen-bond acceptors (Lipinski definition) is 5. The number of nitrogens with zero attached hydrogens (tertiary/aromatic N) is 2. The molecule has 0 fully saturated rings. The van der Waals surface area contributed by atoms with Crippen LogP contribution in [0.25, 0.3) is 0 Å². The smallest absolute Gasteiger partial charge is 0.334 e. The normalized spacial score (nSPS) is 10.1. The van der Waals surface area contributed by atoms with Gasteiger partial charge in [0, 0.05) is 23.4 Å². The van der Waals surface area contributed by atoms with Gasteiger partial charge in [0.05, 0.1) is 18.6 Å². The lowest BCUT2D eigenvalue weighted by Crippen LogP contribution is -2.22. The number of aldehydes is 1. The van der Waals surface area contributed by atoms with Crippen molar-refractivity contribution in [1.82, 2.24) is 4.57 Å². The molecule has 0 spiro atoms. The van der Waals surface area contributed by atoms with Crippen LogP contribution in [0.5, 0.6) is 5.75 Å². The Morgan fingerprint density at radius 3 is 2.76 bits per heavy atom. The van der Waals surface area contributed by atoms with E-state index in [1.165, 1.54) is 23.9 Å². The Morgan fingerprint density at radius 2 is 2.14 bits per heavy atom. The van der Waals surface area contributed by atoms with Crippen molar-refractivity contribution in [2.24, 2.45) is 0 Å². The second kappa shape index (κ2) is 6.00. The molecular weight excluding hydrogens is 276 g/mol. The average molecular weight is 288 g/mol. The van der Waals surface area contributed by atoms with E-state index >= 15 is 0 Å². The molecule has 0 aliphatic rings. The lowest BCUT2D eigenvalue weighted by molar-refractivity contribution is -0.386. The topological polar surface area (TPSA) is 91.4 Å². The number of aromatic nitrogens is 1. The molecule has 0 amide bonds. The molecule has 2 rings (SSSR count). The first kappa shape index (κ1) is 14.4. The van der Waals surface area contributed by atoms with Crippen molar-refractivity contribution in [2.75, 3.05) is 7.11 Å². The van der Waals surface area contributed by atoms with E-state index in [1.54, 1.807) is 18.2 Å². The third kappa shape index (κ3) is 2.97. The zero-order valence-corrected chi connectivity index (χ0v) is 11.2. The van der Waals surface area contributed by atoms with Crippen LogP contribution in [-0.2, 0) is 6.54 Å². The van der Waals surface area contributed by atoms with Crippen LogP contribution < -0.4 is 10.3 Å². The molecule has 0 radical (unpaired) electrons. The molecule has 7 nitrogen and oxygen atoms in total. The van der Waals surface area contributed by atoms with E-state index < -0.39 is 16.2 Å². The zero-order valence-electron chi connectivity index (χ0n) is 11.2. The van der Waals surface area contributed by atoms with E-state index in [2.05, 4.69) is 0 Å². The minimum atomic E-state index is -0.724. The van der Waals surface area contributed by atoms with Crippen LogP contribution in [0, 0.1) is 10.1 Å². The summed E-state index contributed by atoms with van der Waals surface area (Å²) in [7, 11) is 1.47. The molecule has 0 saturated heterocycles. The molecule has 108 valence electrons. The standard InChI is InChI=1S/C14H12N2O5/c1-21-13-5-4-10(9-17)7-11(13)8-15-6-2-3-12(14(15)18)16(19)20/h2-7,9H,8H2,1H3. The van der Waals surface area contributed by atoms with E-state index in [0.29, 0.717) is 23.2 Å². The van der Waals surface area contributed by atoms with Crippen molar-refractivity contribution in [2.45, 2.75) is 6.54 Å². The predicted molar refractivity (Wildman–Crippen MR) is 74.8 cm³/mol. The van der Waals surface area contributed by atoms with Crippen molar-refractivity contribution in [1.29, 1.82) is 0 Å². The first-order chi connectivity index (χ1) is 10.1. The highest BCUT2D eigenvalue weighted by molar-refractivity contribution is 5.75. The van der Waals surface area contributed by atoms with Gasteiger partial charge in [-0.2, -0.15) is 0 Å². The van der Waals surface area contributed by atoms with Gasteiger partial charge in [0.2, 0.25) is 0 Å². The summed E-state index contributed by atoms with van der Waals surface area (Å²) in [6.45, 7) is 0.0748. The van der Waals surface area contributed by atoms with Crippen LogP contribution in [0.2, 0.25) is 0 Å². The number of hydrogen-bond donors (Lipinski definition) is 0. The Kier molecular flexibility index (Phi) is 4.13. The first-order valence-electron chi connectivity index (χ1n) is 6.02. The van der Waals surface area contributed by atoms with E-state index in [1.807, 2.05) is 0 Å². The molecule has 1 aromatic heterocycles. The van der Waals surface area contributed by atoms with E-state index in [-0.39, 0.29) is 6.54 Å².